The Bertz CT molecular complexity index is 495. The van der Waals surface area contributed by atoms with Gasteiger partial charge in [0.1, 0.15) is 0 Å². The highest BCUT2D eigenvalue weighted by Crippen LogP contribution is 2.24. The topological polar surface area (TPSA) is 12.0 Å². The van der Waals surface area contributed by atoms with Crippen molar-refractivity contribution >= 4 is 38.9 Å². The molecule has 0 radical (unpaired) electrons. The molecule has 1 heterocycles. The molecule has 4 heteroatoms. The molecule has 0 bridgehead atoms. The van der Waals surface area contributed by atoms with Crippen molar-refractivity contribution in [3.63, 3.8) is 0 Å². The first-order valence-electron chi connectivity index (χ1n) is 5.92. The zero-order chi connectivity index (χ0) is 13.0. The van der Waals surface area contributed by atoms with E-state index in [0.29, 0.717) is 6.04 Å². The molecule has 1 atom stereocenters. The molecule has 1 unspecified atom stereocenters. The third-order valence-electron chi connectivity index (χ3n) is 2.83. The fraction of sp³-hybridized carbons (Fsp3) is 0.286. The second-order valence-electron chi connectivity index (χ2n) is 4.10. The maximum absolute atomic E-state index is 5.91. The Morgan fingerprint density at radius 3 is 2.50 bits per heavy atom. The number of benzene rings is 1. The summed E-state index contributed by atoms with van der Waals surface area (Å²) in [7, 11) is 0. The minimum Gasteiger partial charge on any atom is -0.305 e. The van der Waals surface area contributed by atoms with Gasteiger partial charge in [-0.05, 0) is 52.2 Å². The fourth-order valence-corrected chi connectivity index (χ4v) is 3.42. The molecule has 0 aliphatic heterocycles. The monoisotopic (exact) mass is 343 g/mol. The molecule has 2 rings (SSSR count). The van der Waals surface area contributed by atoms with E-state index in [9.17, 15) is 0 Å². The molecule has 1 nitrogen and oxygen atoms in total. The lowest BCUT2D eigenvalue weighted by Crippen LogP contribution is -2.19. The number of halogens is 2. The Morgan fingerprint density at radius 2 is 1.94 bits per heavy atom. The van der Waals surface area contributed by atoms with Crippen LogP contribution in [0.4, 0.5) is 0 Å². The lowest BCUT2D eigenvalue weighted by atomic mass is 10.0. The summed E-state index contributed by atoms with van der Waals surface area (Å²) in [6, 6.07) is 12.7. The highest BCUT2D eigenvalue weighted by Gasteiger charge is 2.09. The minimum atomic E-state index is 0.378. The van der Waals surface area contributed by atoms with Crippen molar-refractivity contribution in [2.75, 3.05) is 0 Å². The predicted octanol–water partition coefficient (Wildman–Crippen LogP) is 5.40. The summed E-state index contributed by atoms with van der Waals surface area (Å²) < 4.78 is 1.18. The van der Waals surface area contributed by atoms with E-state index in [-0.39, 0.29) is 0 Å². The Labute approximate surface area is 125 Å². The second-order valence-corrected chi connectivity index (χ2v) is 7.08. The van der Waals surface area contributed by atoms with Crippen LogP contribution < -0.4 is 5.32 Å². The van der Waals surface area contributed by atoms with Gasteiger partial charge in [0.05, 0.1) is 3.79 Å². The smallest absolute Gasteiger partial charge is 0.0701 e. The van der Waals surface area contributed by atoms with Crippen LogP contribution in [0.2, 0.25) is 5.02 Å². The molecular formula is C14H15BrClNS. The maximum atomic E-state index is 5.91. The Balaban J connectivity index is 1.99. The van der Waals surface area contributed by atoms with Crippen molar-refractivity contribution in [3.05, 3.63) is 55.6 Å². The number of hydrogen-bond donors (Lipinski definition) is 1. The van der Waals surface area contributed by atoms with Crippen molar-refractivity contribution in [2.24, 2.45) is 0 Å². The van der Waals surface area contributed by atoms with Crippen molar-refractivity contribution in [2.45, 2.75) is 25.9 Å². The lowest BCUT2D eigenvalue weighted by molar-refractivity contribution is 0.522. The van der Waals surface area contributed by atoms with Crippen LogP contribution in [0.3, 0.4) is 0 Å². The quantitative estimate of drug-likeness (QED) is 0.765. The summed E-state index contributed by atoms with van der Waals surface area (Å²) in [5.74, 6) is 0. The zero-order valence-corrected chi connectivity index (χ0v) is 13.3. The van der Waals surface area contributed by atoms with E-state index in [1.165, 1.54) is 14.2 Å². The molecule has 0 saturated heterocycles. The zero-order valence-electron chi connectivity index (χ0n) is 10.1. The molecule has 2 aromatic rings. The number of rotatable bonds is 5. The molecule has 96 valence electrons. The molecule has 1 aromatic carbocycles. The third kappa shape index (κ3) is 3.82. The van der Waals surface area contributed by atoms with Gasteiger partial charge in [0.15, 0.2) is 0 Å². The van der Waals surface area contributed by atoms with Crippen molar-refractivity contribution in [1.29, 1.82) is 0 Å². The first-order valence-corrected chi connectivity index (χ1v) is 7.91. The molecule has 18 heavy (non-hydrogen) atoms. The van der Waals surface area contributed by atoms with Crippen LogP contribution in [0.25, 0.3) is 0 Å². The van der Waals surface area contributed by atoms with Crippen LogP contribution in [0.15, 0.2) is 40.2 Å². The van der Waals surface area contributed by atoms with Gasteiger partial charge in [0.2, 0.25) is 0 Å². The highest BCUT2D eigenvalue weighted by molar-refractivity contribution is 9.11. The molecule has 1 aromatic heterocycles. The number of nitrogens with one attached hydrogen (secondary N) is 1. The van der Waals surface area contributed by atoms with Gasteiger partial charge in [-0.15, -0.1) is 11.3 Å². The summed E-state index contributed by atoms with van der Waals surface area (Å²) in [5, 5.41) is 4.37. The third-order valence-corrected chi connectivity index (χ3v) is 4.71. The molecule has 0 amide bonds. The van der Waals surface area contributed by atoms with Crippen molar-refractivity contribution < 1.29 is 0 Å². The fourth-order valence-electron chi connectivity index (χ4n) is 1.86. The van der Waals surface area contributed by atoms with E-state index in [2.05, 4.69) is 52.4 Å². The van der Waals surface area contributed by atoms with E-state index in [1.807, 2.05) is 12.1 Å². The van der Waals surface area contributed by atoms with Gasteiger partial charge in [0, 0.05) is 22.5 Å². The van der Waals surface area contributed by atoms with E-state index in [1.54, 1.807) is 11.3 Å². The van der Waals surface area contributed by atoms with Crippen LogP contribution >= 0.6 is 38.9 Å². The average Bonchev–Trinajstić information content (AvgIpc) is 2.78. The molecule has 1 N–H and O–H groups in total. The van der Waals surface area contributed by atoms with E-state index < -0.39 is 0 Å². The largest absolute Gasteiger partial charge is 0.305 e. The summed E-state index contributed by atoms with van der Waals surface area (Å²) in [4.78, 5) is 1.34. The number of thiophene rings is 1. The van der Waals surface area contributed by atoms with Crippen LogP contribution in [0.1, 0.15) is 29.8 Å². The maximum Gasteiger partial charge on any atom is 0.0701 e. The lowest BCUT2D eigenvalue weighted by Gasteiger charge is -2.17. The predicted molar refractivity (Wildman–Crippen MR) is 83.3 cm³/mol. The van der Waals surface area contributed by atoms with Gasteiger partial charge in [-0.3, -0.25) is 0 Å². The van der Waals surface area contributed by atoms with Gasteiger partial charge in [0.25, 0.3) is 0 Å². The molecule has 0 spiro atoms. The molecule has 0 fully saturated rings. The highest BCUT2D eigenvalue weighted by atomic mass is 79.9. The van der Waals surface area contributed by atoms with E-state index >= 15 is 0 Å². The Kier molecular flexibility index (Phi) is 5.25. The Hall–Kier alpha value is -0.350. The van der Waals surface area contributed by atoms with E-state index in [0.717, 1.165) is 18.0 Å². The normalized spacial score (nSPS) is 12.6. The summed E-state index contributed by atoms with van der Waals surface area (Å²) in [6.45, 7) is 3.09. The van der Waals surface area contributed by atoms with Crippen LogP contribution in [-0.2, 0) is 6.54 Å². The van der Waals surface area contributed by atoms with Gasteiger partial charge in [-0.25, -0.2) is 0 Å². The van der Waals surface area contributed by atoms with Gasteiger partial charge in [-0.1, -0.05) is 30.7 Å². The molecule has 0 saturated carbocycles. The van der Waals surface area contributed by atoms with Gasteiger partial charge >= 0.3 is 0 Å². The van der Waals surface area contributed by atoms with Gasteiger partial charge in [-0.2, -0.15) is 0 Å². The van der Waals surface area contributed by atoms with Crippen LogP contribution in [-0.4, -0.2) is 0 Å². The summed E-state index contributed by atoms with van der Waals surface area (Å²) in [5.41, 5.74) is 1.29. The van der Waals surface area contributed by atoms with Crippen LogP contribution in [0, 0.1) is 0 Å². The van der Waals surface area contributed by atoms with Crippen molar-refractivity contribution in [3.8, 4) is 0 Å². The summed E-state index contributed by atoms with van der Waals surface area (Å²) >= 11 is 11.2. The molecular weight excluding hydrogens is 330 g/mol. The first-order chi connectivity index (χ1) is 8.69. The SMILES string of the molecule is CCC(NCc1ccc(Br)s1)c1ccc(Cl)cc1. The Morgan fingerprint density at radius 1 is 1.22 bits per heavy atom. The second kappa shape index (κ2) is 6.71. The molecule has 0 aliphatic rings. The first kappa shape index (κ1) is 14.1. The van der Waals surface area contributed by atoms with Gasteiger partial charge < -0.3 is 5.32 Å². The van der Waals surface area contributed by atoms with E-state index in [4.69, 9.17) is 11.6 Å². The summed E-state index contributed by atoms with van der Waals surface area (Å²) in [6.07, 6.45) is 1.06. The average molecular weight is 345 g/mol. The van der Waals surface area contributed by atoms with Crippen molar-refractivity contribution in [1.82, 2.24) is 5.32 Å². The number of hydrogen-bond acceptors (Lipinski definition) is 2. The minimum absolute atomic E-state index is 0.378. The standard InChI is InChI=1S/C14H15BrClNS/c1-2-13(10-3-5-11(16)6-4-10)17-9-12-7-8-14(15)18-12/h3-8,13,17H,2,9H2,1H3. The molecule has 0 aliphatic carbocycles. The van der Waals surface area contributed by atoms with Crippen LogP contribution in [0.5, 0.6) is 0 Å².